The Morgan fingerprint density at radius 3 is 2.55 bits per heavy atom. The summed E-state index contributed by atoms with van der Waals surface area (Å²) in [5, 5.41) is 0. The molecule has 1 saturated carbocycles. The second-order valence-electron chi connectivity index (χ2n) is 6.32. The second-order valence-corrected chi connectivity index (χ2v) is 6.32. The van der Waals surface area contributed by atoms with Crippen LogP contribution in [0, 0.1) is 17.8 Å². The summed E-state index contributed by atoms with van der Waals surface area (Å²) in [7, 11) is 0. The SMILES string of the molecule is CCN(CC1CC(C(C)C)CCC1=O)c1ccccc1. The number of Topliss-reactive ketones (excluding diaryl/α,β-unsaturated/α-hetero) is 1. The number of para-hydroxylation sites is 1. The molecular formula is C18H27NO. The molecule has 0 heterocycles. The van der Waals surface area contributed by atoms with Crippen molar-refractivity contribution in [2.45, 2.75) is 40.0 Å². The van der Waals surface area contributed by atoms with Crippen LogP contribution in [0.4, 0.5) is 5.69 Å². The van der Waals surface area contributed by atoms with Gasteiger partial charge in [-0.3, -0.25) is 4.79 Å². The topological polar surface area (TPSA) is 20.3 Å². The van der Waals surface area contributed by atoms with Crippen LogP contribution in [0.15, 0.2) is 30.3 Å². The lowest BCUT2D eigenvalue weighted by Gasteiger charge is -2.34. The third kappa shape index (κ3) is 3.62. The minimum Gasteiger partial charge on any atom is -0.371 e. The zero-order chi connectivity index (χ0) is 14.5. The second kappa shape index (κ2) is 6.92. The van der Waals surface area contributed by atoms with Crippen molar-refractivity contribution in [3.63, 3.8) is 0 Å². The molecule has 1 aliphatic rings. The van der Waals surface area contributed by atoms with Crippen molar-refractivity contribution in [1.82, 2.24) is 0 Å². The number of rotatable bonds is 5. The van der Waals surface area contributed by atoms with Crippen LogP contribution in [0.2, 0.25) is 0 Å². The highest BCUT2D eigenvalue weighted by atomic mass is 16.1. The van der Waals surface area contributed by atoms with Gasteiger partial charge in [0.05, 0.1) is 0 Å². The van der Waals surface area contributed by atoms with E-state index in [0.29, 0.717) is 17.6 Å². The molecule has 0 N–H and O–H groups in total. The van der Waals surface area contributed by atoms with E-state index < -0.39 is 0 Å². The first-order chi connectivity index (χ1) is 9.61. The lowest BCUT2D eigenvalue weighted by atomic mass is 9.75. The minimum absolute atomic E-state index is 0.219. The maximum Gasteiger partial charge on any atom is 0.137 e. The van der Waals surface area contributed by atoms with Crippen molar-refractivity contribution in [3.05, 3.63) is 30.3 Å². The summed E-state index contributed by atoms with van der Waals surface area (Å²) in [6.45, 7) is 8.57. The summed E-state index contributed by atoms with van der Waals surface area (Å²) < 4.78 is 0. The van der Waals surface area contributed by atoms with Crippen LogP contribution in [0.3, 0.4) is 0 Å². The van der Waals surface area contributed by atoms with Gasteiger partial charge in [-0.05, 0) is 43.7 Å². The fourth-order valence-corrected chi connectivity index (χ4v) is 3.25. The summed E-state index contributed by atoms with van der Waals surface area (Å²) in [5.41, 5.74) is 1.23. The van der Waals surface area contributed by atoms with Gasteiger partial charge in [0.25, 0.3) is 0 Å². The van der Waals surface area contributed by atoms with Crippen molar-refractivity contribution >= 4 is 11.5 Å². The first-order valence-corrected chi connectivity index (χ1v) is 7.94. The molecule has 2 nitrogen and oxygen atoms in total. The van der Waals surface area contributed by atoms with Crippen LogP contribution in [0.5, 0.6) is 0 Å². The highest BCUT2D eigenvalue weighted by molar-refractivity contribution is 5.82. The van der Waals surface area contributed by atoms with Crippen molar-refractivity contribution in [2.24, 2.45) is 17.8 Å². The van der Waals surface area contributed by atoms with Crippen LogP contribution >= 0.6 is 0 Å². The fourth-order valence-electron chi connectivity index (χ4n) is 3.25. The molecule has 0 aliphatic heterocycles. The Balaban J connectivity index is 2.04. The van der Waals surface area contributed by atoms with E-state index in [1.165, 1.54) is 5.69 Å². The molecule has 20 heavy (non-hydrogen) atoms. The van der Waals surface area contributed by atoms with Gasteiger partial charge in [-0.1, -0.05) is 32.0 Å². The molecule has 0 bridgehead atoms. The van der Waals surface area contributed by atoms with Crippen molar-refractivity contribution < 1.29 is 4.79 Å². The molecule has 110 valence electrons. The Hall–Kier alpha value is -1.31. The van der Waals surface area contributed by atoms with Crippen molar-refractivity contribution in [3.8, 4) is 0 Å². The Kier molecular flexibility index (Phi) is 5.22. The van der Waals surface area contributed by atoms with Gasteiger partial charge in [-0.25, -0.2) is 0 Å². The average molecular weight is 273 g/mol. The molecule has 1 fully saturated rings. The Bertz CT molecular complexity index is 426. The molecular weight excluding hydrogens is 246 g/mol. The summed E-state index contributed by atoms with van der Waals surface area (Å²) >= 11 is 0. The summed E-state index contributed by atoms with van der Waals surface area (Å²) in [4.78, 5) is 14.6. The molecule has 2 atom stereocenters. The molecule has 0 aromatic heterocycles. The van der Waals surface area contributed by atoms with E-state index in [-0.39, 0.29) is 5.92 Å². The van der Waals surface area contributed by atoms with Gasteiger partial charge in [-0.2, -0.15) is 0 Å². The predicted molar refractivity (Wildman–Crippen MR) is 85.0 cm³/mol. The Morgan fingerprint density at radius 2 is 1.95 bits per heavy atom. The number of ketones is 1. The maximum absolute atomic E-state index is 12.2. The van der Waals surface area contributed by atoms with Crippen molar-refractivity contribution in [1.29, 1.82) is 0 Å². The lowest BCUT2D eigenvalue weighted by molar-refractivity contribution is -0.125. The van der Waals surface area contributed by atoms with Gasteiger partial charge in [0, 0.05) is 31.1 Å². The number of nitrogens with zero attached hydrogens (tertiary/aromatic N) is 1. The maximum atomic E-state index is 12.2. The third-order valence-corrected chi connectivity index (χ3v) is 4.69. The smallest absolute Gasteiger partial charge is 0.137 e. The van der Waals surface area contributed by atoms with Crippen LogP contribution in [0.25, 0.3) is 0 Å². The highest BCUT2D eigenvalue weighted by Gasteiger charge is 2.31. The largest absolute Gasteiger partial charge is 0.371 e. The zero-order valence-electron chi connectivity index (χ0n) is 13.0. The zero-order valence-corrected chi connectivity index (χ0v) is 13.0. The molecule has 2 heteroatoms. The number of carbonyl (C=O) groups is 1. The monoisotopic (exact) mass is 273 g/mol. The average Bonchev–Trinajstić information content (AvgIpc) is 2.47. The number of carbonyl (C=O) groups excluding carboxylic acids is 1. The highest BCUT2D eigenvalue weighted by Crippen LogP contribution is 2.32. The predicted octanol–water partition coefficient (Wildman–Crippen LogP) is 4.15. The summed E-state index contributed by atoms with van der Waals surface area (Å²) in [5.74, 6) is 2.09. The number of benzene rings is 1. The van der Waals surface area contributed by atoms with Gasteiger partial charge in [0.15, 0.2) is 0 Å². The van der Waals surface area contributed by atoms with Gasteiger partial charge in [-0.15, -0.1) is 0 Å². The quantitative estimate of drug-likeness (QED) is 0.803. The van der Waals surface area contributed by atoms with Gasteiger partial charge < -0.3 is 4.90 Å². The fraction of sp³-hybridized carbons (Fsp3) is 0.611. The molecule has 0 amide bonds. The van der Waals surface area contributed by atoms with Crippen LogP contribution in [-0.2, 0) is 4.79 Å². The van der Waals surface area contributed by atoms with E-state index in [0.717, 1.165) is 32.4 Å². The number of anilines is 1. The number of hydrogen-bond donors (Lipinski definition) is 0. The first kappa shape index (κ1) is 15.1. The molecule has 1 aromatic rings. The Labute approximate surface area is 123 Å². The van der Waals surface area contributed by atoms with E-state index in [2.05, 4.69) is 49.9 Å². The van der Waals surface area contributed by atoms with Gasteiger partial charge in [0.2, 0.25) is 0 Å². The van der Waals surface area contributed by atoms with Crippen LogP contribution in [-0.4, -0.2) is 18.9 Å². The summed E-state index contributed by atoms with van der Waals surface area (Å²) in [6.07, 6.45) is 2.93. The van der Waals surface area contributed by atoms with E-state index in [1.54, 1.807) is 0 Å². The minimum atomic E-state index is 0.219. The van der Waals surface area contributed by atoms with Crippen LogP contribution in [0.1, 0.15) is 40.0 Å². The van der Waals surface area contributed by atoms with Crippen LogP contribution < -0.4 is 4.90 Å². The third-order valence-electron chi connectivity index (χ3n) is 4.69. The van der Waals surface area contributed by atoms with Gasteiger partial charge in [0.1, 0.15) is 5.78 Å². The molecule has 1 aromatic carbocycles. The standard InChI is InChI=1S/C18H27NO/c1-4-19(17-8-6-5-7-9-17)13-16-12-15(14(2)3)10-11-18(16)20/h5-9,14-16H,4,10-13H2,1-3H3. The van der Waals surface area contributed by atoms with Gasteiger partial charge >= 0.3 is 0 Å². The van der Waals surface area contributed by atoms with E-state index in [9.17, 15) is 4.79 Å². The number of hydrogen-bond acceptors (Lipinski definition) is 2. The molecule has 0 spiro atoms. The molecule has 2 rings (SSSR count). The normalized spacial score (nSPS) is 23.1. The molecule has 0 saturated heterocycles. The summed E-state index contributed by atoms with van der Waals surface area (Å²) in [6, 6.07) is 10.4. The Morgan fingerprint density at radius 1 is 1.25 bits per heavy atom. The molecule has 1 aliphatic carbocycles. The molecule has 2 unspecified atom stereocenters. The van der Waals surface area contributed by atoms with Crippen molar-refractivity contribution in [2.75, 3.05) is 18.0 Å². The lowest BCUT2D eigenvalue weighted by Crippen LogP contribution is -2.37. The van der Waals surface area contributed by atoms with E-state index >= 15 is 0 Å². The first-order valence-electron chi connectivity index (χ1n) is 7.94. The van der Waals surface area contributed by atoms with E-state index in [1.807, 2.05) is 6.07 Å². The van der Waals surface area contributed by atoms with E-state index in [4.69, 9.17) is 0 Å². The molecule has 0 radical (unpaired) electrons.